The molecule has 0 saturated carbocycles. The average molecular weight is 750 g/mol. The minimum absolute atomic E-state index is 0. The summed E-state index contributed by atoms with van der Waals surface area (Å²) in [6, 6.07) is 31.3. The summed E-state index contributed by atoms with van der Waals surface area (Å²) in [7, 11) is 0. The third-order valence-corrected chi connectivity index (χ3v) is 8.52. The molecule has 3 aromatic carbocycles. The Hall–Kier alpha value is -3.53. The predicted octanol–water partition coefficient (Wildman–Crippen LogP) is 10.3. The monoisotopic (exact) mass is 749 g/mol. The fourth-order valence-electron chi connectivity index (χ4n) is 5.25. The topological polar surface area (TPSA) is 48.2 Å². The molecule has 42 heavy (non-hydrogen) atoms. The van der Waals surface area contributed by atoms with Gasteiger partial charge in [0.15, 0.2) is 0 Å². The van der Waals surface area contributed by atoms with Crippen LogP contribution in [0.2, 0.25) is 0 Å². The minimum Gasteiger partial charge on any atom is -0.460 e. The van der Waals surface area contributed by atoms with Crippen molar-refractivity contribution in [1.29, 1.82) is 0 Å². The van der Waals surface area contributed by atoms with Crippen molar-refractivity contribution in [2.45, 2.75) is 52.4 Å². The van der Waals surface area contributed by atoms with E-state index in [0.717, 1.165) is 60.4 Å². The third kappa shape index (κ3) is 5.03. The third-order valence-electron chi connectivity index (χ3n) is 7.47. The molecule has 0 radical (unpaired) electrons. The van der Waals surface area contributed by atoms with Crippen LogP contribution in [-0.4, -0.2) is 9.97 Å². The van der Waals surface area contributed by atoms with Crippen LogP contribution in [0.5, 0.6) is 11.6 Å². The van der Waals surface area contributed by atoms with Crippen molar-refractivity contribution in [3.63, 3.8) is 0 Å². The van der Waals surface area contributed by atoms with Gasteiger partial charge in [0.2, 0.25) is 5.88 Å². The zero-order valence-electron chi connectivity index (χ0n) is 24.4. The number of benzene rings is 3. The van der Waals surface area contributed by atoms with Gasteiger partial charge in [0.1, 0.15) is 16.0 Å². The SMILES string of the molecule is CC(C)(C)c1cc(Oc2[c-]c(-c3[c-]cccc3)ccc2C(C)(C)C)nc(-c2cc3oc4cccc5sc(n2)c3c45)c1.[Pt+2]. The molecule has 0 atom stereocenters. The van der Waals surface area contributed by atoms with Crippen LogP contribution in [0, 0.1) is 12.1 Å². The van der Waals surface area contributed by atoms with Gasteiger partial charge in [-0.05, 0) is 34.6 Å². The molecule has 0 N–H and O–H groups in total. The van der Waals surface area contributed by atoms with Gasteiger partial charge in [-0.25, -0.2) is 21.1 Å². The summed E-state index contributed by atoms with van der Waals surface area (Å²) < 4.78 is 14.1. The second kappa shape index (κ2) is 10.3. The molecule has 7 aromatic rings. The van der Waals surface area contributed by atoms with Gasteiger partial charge in [-0.15, -0.1) is 29.5 Å². The summed E-state index contributed by atoms with van der Waals surface area (Å²) >= 11 is 1.69. The van der Waals surface area contributed by atoms with Crippen LogP contribution in [0.4, 0.5) is 0 Å². The Labute approximate surface area is 264 Å². The molecule has 212 valence electrons. The van der Waals surface area contributed by atoms with Crippen LogP contribution in [0.1, 0.15) is 52.7 Å². The first-order chi connectivity index (χ1) is 19.5. The van der Waals surface area contributed by atoms with E-state index in [1.807, 2.05) is 48.5 Å². The van der Waals surface area contributed by atoms with Gasteiger partial charge >= 0.3 is 21.1 Å². The Kier molecular flexibility index (Phi) is 7.03. The predicted molar refractivity (Wildman–Crippen MR) is 168 cm³/mol. The van der Waals surface area contributed by atoms with E-state index in [0.29, 0.717) is 11.6 Å². The summed E-state index contributed by atoms with van der Waals surface area (Å²) in [5.41, 5.74) is 7.02. The Balaban J connectivity index is 0.00000316. The molecule has 4 aromatic heterocycles. The van der Waals surface area contributed by atoms with Gasteiger partial charge in [-0.2, -0.15) is 30.3 Å². The molecule has 6 heteroatoms. The van der Waals surface area contributed by atoms with E-state index in [1.54, 1.807) is 11.3 Å². The van der Waals surface area contributed by atoms with E-state index < -0.39 is 0 Å². The van der Waals surface area contributed by atoms with E-state index in [2.05, 4.69) is 77.9 Å². The molecule has 0 fully saturated rings. The molecule has 0 unspecified atom stereocenters. The number of nitrogens with zero attached hydrogens (tertiary/aromatic N) is 2. The molecule has 0 amide bonds. The molecule has 7 rings (SSSR count). The Morgan fingerprint density at radius 1 is 0.762 bits per heavy atom. The van der Waals surface area contributed by atoms with Crippen molar-refractivity contribution in [2.75, 3.05) is 0 Å². The minimum atomic E-state index is -0.150. The van der Waals surface area contributed by atoms with Crippen LogP contribution in [0.15, 0.2) is 77.2 Å². The molecular weight excluding hydrogens is 720 g/mol. The summed E-state index contributed by atoms with van der Waals surface area (Å²) in [5, 5.41) is 2.24. The average Bonchev–Trinajstić information content (AvgIpc) is 3.51. The van der Waals surface area contributed by atoms with Crippen LogP contribution in [0.25, 0.3) is 54.0 Å². The zero-order chi connectivity index (χ0) is 28.5. The second-order valence-corrected chi connectivity index (χ2v) is 13.6. The number of rotatable bonds is 4. The number of pyridine rings is 2. The van der Waals surface area contributed by atoms with Crippen molar-refractivity contribution in [3.05, 3.63) is 96.1 Å². The number of hydrogen-bond acceptors (Lipinski definition) is 5. The zero-order valence-corrected chi connectivity index (χ0v) is 27.5. The van der Waals surface area contributed by atoms with E-state index in [4.69, 9.17) is 19.1 Å². The van der Waals surface area contributed by atoms with Crippen LogP contribution in [-0.2, 0) is 31.9 Å². The van der Waals surface area contributed by atoms with Crippen molar-refractivity contribution >= 4 is 42.8 Å². The molecule has 0 aliphatic carbocycles. The number of hydrogen-bond donors (Lipinski definition) is 0. The van der Waals surface area contributed by atoms with Gasteiger partial charge in [-0.3, -0.25) is 0 Å². The normalized spacial score (nSPS) is 12.3. The molecule has 4 heterocycles. The van der Waals surface area contributed by atoms with Crippen molar-refractivity contribution in [1.82, 2.24) is 9.97 Å². The molecule has 0 aliphatic heterocycles. The first-order valence-electron chi connectivity index (χ1n) is 13.8. The van der Waals surface area contributed by atoms with Gasteiger partial charge in [0.05, 0.1) is 16.8 Å². The Morgan fingerprint density at radius 3 is 2.31 bits per heavy atom. The molecule has 0 spiro atoms. The van der Waals surface area contributed by atoms with Gasteiger partial charge in [0, 0.05) is 28.0 Å². The quantitative estimate of drug-likeness (QED) is 0.168. The maximum absolute atomic E-state index is 6.64. The van der Waals surface area contributed by atoms with Crippen LogP contribution < -0.4 is 4.74 Å². The smallest absolute Gasteiger partial charge is 0.460 e. The summed E-state index contributed by atoms with van der Waals surface area (Å²) in [6.07, 6.45) is 0. The first kappa shape index (κ1) is 28.6. The van der Waals surface area contributed by atoms with Gasteiger partial charge in [-0.1, -0.05) is 53.2 Å². The second-order valence-electron chi connectivity index (χ2n) is 12.6. The maximum Gasteiger partial charge on any atom is 2.00 e. The van der Waals surface area contributed by atoms with Crippen molar-refractivity contribution in [3.8, 4) is 34.1 Å². The van der Waals surface area contributed by atoms with E-state index >= 15 is 0 Å². The van der Waals surface area contributed by atoms with Gasteiger partial charge < -0.3 is 9.15 Å². The molecular formula is C36H30N2O2PtS. The Morgan fingerprint density at radius 2 is 1.57 bits per heavy atom. The van der Waals surface area contributed by atoms with Gasteiger partial charge in [0.25, 0.3) is 0 Å². The molecule has 0 saturated heterocycles. The number of thiophene rings is 1. The standard InChI is InChI=1S/C36H30N2O2S.Pt/c1-35(2,3)23-18-25(26-20-29-33-32-27(39-29)13-10-14-30(32)41-34(33)38-26)37-31(19-23)40-28-17-22(21-11-8-7-9-12-21)15-16-24(28)36(4,5)6;/h7-11,13-16,18-20H,1-6H3;/q-2;+2. The Bertz CT molecular complexity index is 1990. The number of ether oxygens (including phenoxy) is 1. The van der Waals surface area contributed by atoms with Crippen molar-refractivity contribution in [2.24, 2.45) is 0 Å². The number of aromatic nitrogens is 2. The molecule has 0 bridgehead atoms. The summed E-state index contributed by atoms with van der Waals surface area (Å²) in [4.78, 5) is 11.0. The van der Waals surface area contributed by atoms with E-state index in [1.165, 1.54) is 4.70 Å². The fraction of sp³-hybridized carbons (Fsp3) is 0.222. The molecule has 4 nitrogen and oxygen atoms in total. The fourth-order valence-corrected chi connectivity index (χ4v) is 6.36. The summed E-state index contributed by atoms with van der Waals surface area (Å²) in [5.74, 6) is 1.18. The van der Waals surface area contributed by atoms with E-state index in [9.17, 15) is 0 Å². The van der Waals surface area contributed by atoms with Crippen LogP contribution >= 0.6 is 11.3 Å². The summed E-state index contributed by atoms with van der Waals surface area (Å²) in [6.45, 7) is 13.1. The van der Waals surface area contributed by atoms with Crippen molar-refractivity contribution < 1.29 is 30.2 Å². The van der Waals surface area contributed by atoms with E-state index in [-0.39, 0.29) is 31.9 Å². The maximum atomic E-state index is 6.64. The molecule has 0 aliphatic rings. The van der Waals surface area contributed by atoms with Crippen LogP contribution in [0.3, 0.4) is 0 Å². The number of furan rings is 1. The first-order valence-corrected chi connectivity index (χ1v) is 14.6. The largest absolute Gasteiger partial charge is 2.00 e.